The molecule has 12 heteroatoms. The minimum Gasteiger partial charge on any atom is -0.394 e. The number of benzene rings is 1. The van der Waals surface area contributed by atoms with Crippen LogP contribution < -0.4 is 21.3 Å². The van der Waals surface area contributed by atoms with Gasteiger partial charge in [0, 0.05) is 6.54 Å². The molecule has 1 unspecified atom stereocenters. The van der Waals surface area contributed by atoms with Crippen molar-refractivity contribution < 1.29 is 34.2 Å². The van der Waals surface area contributed by atoms with Crippen molar-refractivity contribution in [3.05, 3.63) is 48.0 Å². The van der Waals surface area contributed by atoms with E-state index in [0.29, 0.717) is 5.56 Å². The van der Waals surface area contributed by atoms with Crippen LogP contribution in [0, 0.1) is 0 Å². The molecular weight excluding hydrogens is 482 g/mol. The van der Waals surface area contributed by atoms with Crippen molar-refractivity contribution in [2.24, 2.45) is 0 Å². The average Bonchev–Trinajstić information content (AvgIpc) is 3.38. The summed E-state index contributed by atoms with van der Waals surface area (Å²) in [6, 6.07) is 2.96. The molecule has 2 aliphatic rings. The summed E-state index contributed by atoms with van der Waals surface area (Å²) in [7, 11) is 0. The lowest BCUT2D eigenvalue weighted by Crippen LogP contribution is -2.60. The van der Waals surface area contributed by atoms with Gasteiger partial charge in [-0.3, -0.25) is 24.0 Å². The van der Waals surface area contributed by atoms with Gasteiger partial charge in [0.2, 0.25) is 29.5 Å². The third-order valence-corrected chi connectivity index (χ3v) is 6.34. The van der Waals surface area contributed by atoms with Crippen LogP contribution >= 0.6 is 0 Å². The van der Waals surface area contributed by atoms with E-state index in [0.717, 1.165) is 0 Å². The van der Waals surface area contributed by atoms with E-state index in [2.05, 4.69) is 21.3 Å². The second-order valence-electron chi connectivity index (χ2n) is 9.04. The first kappa shape index (κ1) is 27.8. The van der Waals surface area contributed by atoms with E-state index < -0.39 is 72.5 Å². The van der Waals surface area contributed by atoms with Gasteiger partial charge in [0.15, 0.2) is 0 Å². The molecule has 0 aliphatic carbocycles. The molecule has 0 radical (unpaired) electrons. The summed E-state index contributed by atoms with van der Waals surface area (Å²) in [6.45, 7) is 2.37. The second-order valence-corrected chi connectivity index (χ2v) is 9.04. The quantitative estimate of drug-likeness (QED) is 0.258. The van der Waals surface area contributed by atoms with Gasteiger partial charge < -0.3 is 36.4 Å². The molecule has 200 valence electrons. The number of nitrogens with zero attached hydrogens (tertiary/aromatic N) is 1. The molecule has 0 saturated carbocycles. The Kier molecular flexibility index (Phi) is 9.36. The Morgan fingerprint density at radius 1 is 0.946 bits per heavy atom. The first-order valence-electron chi connectivity index (χ1n) is 12.2. The molecule has 3 rings (SSSR count). The van der Waals surface area contributed by atoms with Crippen molar-refractivity contribution in [1.29, 1.82) is 0 Å². The van der Waals surface area contributed by atoms with Crippen LogP contribution in [0.2, 0.25) is 0 Å². The summed E-state index contributed by atoms with van der Waals surface area (Å²) in [5.41, 5.74) is 0.581. The summed E-state index contributed by atoms with van der Waals surface area (Å²) in [5.74, 6) is -3.37. The van der Waals surface area contributed by atoms with Crippen LogP contribution in [0.25, 0.3) is 0 Å². The van der Waals surface area contributed by atoms with E-state index in [9.17, 15) is 34.2 Å². The number of aliphatic hydroxyl groups excluding tert-OH is 2. The number of hydrogen-bond donors (Lipinski definition) is 6. The fourth-order valence-corrected chi connectivity index (χ4v) is 4.25. The second kappa shape index (κ2) is 12.5. The largest absolute Gasteiger partial charge is 0.394 e. The lowest BCUT2D eigenvalue weighted by molar-refractivity contribution is -0.144. The van der Waals surface area contributed by atoms with Gasteiger partial charge in [-0.1, -0.05) is 49.4 Å². The van der Waals surface area contributed by atoms with Crippen LogP contribution in [0.5, 0.6) is 0 Å². The van der Waals surface area contributed by atoms with Gasteiger partial charge in [0.25, 0.3) is 0 Å². The number of aliphatic hydroxyl groups is 2. The van der Waals surface area contributed by atoms with Gasteiger partial charge in [0.05, 0.1) is 25.2 Å². The molecule has 6 atom stereocenters. The van der Waals surface area contributed by atoms with Crippen molar-refractivity contribution >= 4 is 29.5 Å². The predicted octanol–water partition coefficient (Wildman–Crippen LogP) is -1.75. The molecule has 1 aromatic rings. The standard InChI is InChI=1S/C25H33N5O7/c1-3-16-22(34)28-18(13-31)23(35)27-17(15-8-5-4-6-9-15)12-20(33)29-21(14(2)32)25(37)30-11-7-10-19(30)24(36)26-16/h4-10,14,16-19,21,31-32H,3,11-13H2,1-2H3,(H,26,36)(H,27,35)(H,28,34)(H,29,33)/t14?,16-,17+,18-,19-,21-/m0/s1. The average molecular weight is 516 g/mol. The molecule has 6 N–H and O–H groups in total. The van der Waals surface area contributed by atoms with Crippen LogP contribution in [0.1, 0.15) is 38.3 Å². The molecule has 0 aromatic heterocycles. The van der Waals surface area contributed by atoms with Gasteiger partial charge >= 0.3 is 0 Å². The van der Waals surface area contributed by atoms with Crippen molar-refractivity contribution in [1.82, 2.24) is 26.2 Å². The Labute approximate surface area is 214 Å². The van der Waals surface area contributed by atoms with Crippen molar-refractivity contribution in [3.63, 3.8) is 0 Å². The van der Waals surface area contributed by atoms with Crippen LogP contribution in [0.15, 0.2) is 42.5 Å². The summed E-state index contributed by atoms with van der Waals surface area (Å²) in [5, 5.41) is 30.4. The fraction of sp³-hybridized carbons (Fsp3) is 0.480. The van der Waals surface area contributed by atoms with E-state index >= 15 is 0 Å². The smallest absolute Gasteiger partial charge is 0.249 e. The van der Waals surface area contributed by atoms with Crippen LogP contribution in [0.3, 0.4) is 0 Å². The van der Waals surface area contributed by atoms with Crippen LogP contribution in [0.4, 0.5) is 0 Å². The first-order valence-corrected chi connectivity index (χ1v) is 12.2. The number of amides is 5. The molecule has 12 nitrogen and oxygen atoms in total. The van der Waals surface area contributed by atoms with Crippen molar-refractivity contribution in [3.8, 4) is 0 Å². The molecule has 1 aromatic carbocycles. The first-order chi connectivity index (χ1) is 17.7. The summed E-state index contributed by atoms with van der Waals surface area (Å²) in [4.78, 5) is 66.4. The van der Waals surface area contributed by atoms with Crippen LogP contribution in [-0.4, -0.2) is 88.1 Å². The number of hydrogen-bond acceptors (Lipinski definition) is 7. The van der Waals surface area contributed by atoms with E-state index in [-0.39, 0.29) is 19.4 Å². The van der Waals surface area contributed by atoms with Crippen molar-refractivity contribution in [2.45, 2.75) is 63.0 Å². The molecule has 5 amide bonds. The number of rotatable bonds is 4. The maximum Gasteiger partial charge on any atom is 0.249 e. The highest BCUT2D eigenvalue weighted by Crippen LogP contribution is 2.19. The SMILES string of the molecule is CC[C@@H]1NC(=O)[C@@H]2C=CCN2C(=O)[C@H](C(C)O)NC(=O)C[C@H](c2ccccc2)NC(=O)[C@H](CO)NC1=O. The fourth-order valence-electron chi connectivity index (χ4n) is 4.25. The van der Waals surface area contributed by atoms with E-state index in [1.54, 1.807) is 43.3 Å². The van der Waals surface area contributed by atoms with Gasteiger partial charge in [-0.25, -0.2) is 0 Å². The van der Waals surface area contributed by atoms with E-state index in [4.69, 9.17) is 0 Å². The van der Waals surface area contributed by atoms with Gasteiger partial charge in [-0.15, -0.1) is 0 Å². The van der Waals surface area contributed by atoms with Crippen LogP contribution in [-0.2, 0) is 24.0 Å². The molecule has 1 saturated heterocycles. The predicted molar refractivity (Wildman–Crippen MR) is 131 cm³/mol. The maximum atomic E-state index is 13.3. The summed E-state index contributed by atoms with van der Waals surface area (Å²) >= 11 is 0. The number of fused-ring (bicyclic) bond motifs is 1. The molecule has 2 heterocycles. The Morgan fingerprint density at radius 2 is 1.59 bits per heavy atom. The zero-order chi connectivity index (χ0) is 27.1. The minimum absolute atomic E-state index is 0.0777. The number of nitrogens with one attached hydrogen (secondary N) is 4. The molecule has 0 bridgehead atoms. The molecule has 1 fully saturated rings. The maximum absolute atomic E-state index is 13.3. The highest BCUT2D eigenvalue weighted by molar-refractivity contribution is 5.97. The number of carbonyl (C=O) groups is 5. The van der Waals surface area contributed by atoms with Crippen molar-refractivity contribution in [2.75, 3.05) is 13.2 Å². The molecule has 0 spiro atoms. The summed E-state index contributed by atoms with van der Waals surface area (Å²) < 4.78 is 0. The topological polar surface area (TPSA) is 177 Å². The van der Waals surface area contributed by atoms with E-state index in [1.165, 1.54) is 17.9 Å². The summed E-state index contributed by atoms with van der Waals surface area (Å²) in [6.07, 6.45) is 1.71. The highest BCUT2D eigenvalue weighted by atomic mass is 16.3. The Balaban J connectivity index is 1.98. The molecule has 37 heavy (non-hydrogen) atoms. The Morgan fingerprint density at radius 3 is 2.22 bits per heavy atom. The molecular formula is C25H33N5O7. The Bertz CT molecular complexity index is 1050. The van der Waals surface area contributed by atoms with Gasteiger partial charge in [0.1, 0.15) is 24.2 Å². The molecule has 2 aliphatic heterocycles. The minimum atomic E-state index is -1.35. The normalized spacial score (nSPS) is 28.6. The highest BCUT2D eigenvalue weighted by Gasteiger charge is 2.39. The van der Waals surface area contributed by atoms with Gasteiger partial charge in [-0.2, -0.15) is 0 Å². The lowest BCUT2D eigenvalue weighted by Gasteiger charge is -2.31. The lowest BCUT2D eigenvalue weighted by atomic mass is 10.0. The third kappa shape index (κ3) is 6.71. The monoisotopic (exact) mass is 515 g/mol. The zero-order valence-electron chi connectivity index (χ0n) is 20.7. The van der Waals surface area contributed by atoms with E-state index in [1.807, 2.05) is 0 Å². The Hall–Kier alpha value is -3.77. The zero-order valence-corrected chi connectivity index (χ0v) is 20.7. The van der Waals surface area contributed by atoms with Gasteiger partial charge in [-0.05, 0) is 18.9 Å². The number of carbonyl (C=O) groups excluding carboxylic acids is 5. The third-order valence-electron chi connectivity index (χ3n) is 6.34.